The van der Waals surface area contributed by atoms with Crippen LogP contribution in [0.25, 0.3) is 0 Å². The molecular weight excluding hydrogens is 305 g/mol. The molecule has 0 aliphatic rings. The lowest BCUT2D eigenvalue weighted by Gasteiger charge is -2.13. The van der Waals surface area contributed by atoms with E-state index in [1.807, 2.05) is 0 Å². The Bertz CT molecular complexity index is 429. The SMILES string of the molecule is CCCCCSC(=O)C(C)Oc1ccc(Cl)nc1Cl. The molecule has 0 fully saturated rings. The fourth-order valence-corrected chi connectivity index (χ4v) is 2.59. The van der Waals surface area contributed by atoms with Crippen LogP contribution >= 0.6 is 35.0 Å². The van der Waals surface area contributed by atoms with Crippen molar-refractivity contribution in [2.24, 2.45) is 0 Å². The highest BCUT2D eigenvalue weighted by atomic mass is 35.5. The molecule has 0 N–H and O–H groups in total. The zero-order valence-electron chi connectivity index (χ0n) is 11.0. The van der Waals surface area contributed by atoms with Crippen LogP contribution in [0.3, 0.4) is 0 Å². The van der Waals surface area contributed by atoms with Gasteiger partial charge < -0.3 is 4.74 Å². The van der Waals surface area contributed by atoms with E-state index in [2.05, 4.69) is 11.9 Å². The first kappa shape index (κ1) is 16.6. The quantitative estimate of drug-likeness (QED) is 0.543. The van der Waals surface area contributed by atoms with Crippen molar-refractivity contribution >= 4 is 40.1 Å². The second kappa shape index (κ2) is 8.67. The van der Waals surface area contributed by atoms with Gasteiger partial charge in [-0.05, 0) is 25.5 Å². The number of halogens is 2. The van der Waals surface area contributed by atoms with Crippen LogP contribution < -0.4 is 4.74 Å². The van der Waals surface area contributed by atoms with Crippen molar-refractivity contribution in [3.05, 3.63) is 22.4 Å². The summed E-state index contributed by atoms with van der Waals surface area (Å²) in [6.45, 7) is 3.84. The Morgan fingerprint density at radius 2 is 2.16 bits per heavy atom. The van der Waals surface area contributed by atoms with Gasteiger partial charge in [-0.1, -0.05) is 54.7 Å². The molecule has 3 nitrogen and oxygen atoms in total. The zero-order chi connectivity index (χ0) is 14.3. The van der Waals surface area contributed by atoms with Gasteiger partial charge in [0.1, 0.15) is 5.15 Å². The van der Waals surface area contributed by atoms with Crippen molar-refractivity contribution in [3.8, 4) is 5.75 Å². The molecule has 0 amide bonds. The van der Waals surface area contributed by atoms with Crippen LogP contribution in [0.4, 0.5) is 0 Å². The summed E-state index contributed by atoms with van der Waals surface area (Å²) in [4.78, 5) is 15.7. The molecule has 0 aliphatic carbocycles. The third-order valence-electron chi connectivity index (χ3n) is 2.41. The summed E-state index contributed by atoms with van der Waals surface area (Å²) in [5, 5.41) is 0.468. The van der Waals surface area contributed by atoms with Crippen molar-refractivity contribution < 1.29 is 9.53 Å². The highest BCUT2D eigenvalue weighted by molar-refractivity contribution is 8.13. The van der Waals surface area contributed by atoms with Gasteiger partial charge in [0, 0.05) is 5.75 Å². The van der Waals surface area contributed by atoms with Crippen LogP contribution in [0, 0.1) is 0 Å². The lowest BCUT2D eigenvalue weighted by atomic mass is 10.3. The summed E-state index contributed by atoms with van der Waals surface area (Å²) in [5.74, 6) is 1.20. The Morgan fingerprint density at radius 3 is 2.79 bits per heavy atom. The fourth-order valence-electron chi connectivity index (χ4n) is 1.37. The van der Waals surface area contributed by atoms with E-state index in [0.717, 1.165) is 25.0 Å². The Kier molecular flexibility index (Phi) is 7.57. The second-order valence-corrected chi connectivity index (χ2v) is 5.90. The molecule has 0 saturated heterocycles. The Morgan fingerprint density at radius 1 is 1.42 bits per heavy atom. The predicted molar refractivity (Wildman–Crippen MR) is 81.3 cm³/mol. The lowest BCUT2D eigenvalue weighted by Crippen LogP contribution is -2.21. The number of pyridine rings is 1. The van der Waals surface area contributed by atoms with Crippen molar-refractivity contribution in [3.63, 3.8) is 0 Å². The van der Waals surface area contributed by atoms with Gasteiger partial charge in [0.05, 0.1) is 0 Å². The van der Waals surface area contributed by atoms with Crippen molar-refractivity contribution in [1.29, 1.82) is 0 Å². The molecule has 0 aromatic carbocycles. The highest BCUT2D eigenvalue weighted by Gasteiger charge is 2.17. The number of unbranched alkanes of at least 4 members (excludes halogenated alkanes) is 2. The normalized spacial score (nSPS) is 12.2. The number of nitrogens with zero attached hydrogens (tertiary/aromatic N) is 1. The van der Waals surface area contributed by atoms with E-state index in [0.29, 0.717) is 10.9 Å². The first-order valence-corrected chi connectivity index (χ1v) is 7.94. The van der Waals surface area contributed by atoms with E-state index in [9.17, 15) is 4.79 Å². The smallest absolute Gasteiger partial charge is 0.229 e. The molecule has 1 rings (SSSR count). The maximum atomic E-state index is 11.8. The third-order valence-corrected chi connectivity index (χ3v) is 4.00. The van der Waals surface area contributed by atoms with E-state index < -0.39 is 6.10 Å². The second-order valence-electron chi connectivity index (χ2n) is 4.06. The first-order valence-electron chi connectivity index (χ1n) is 6.20. The van der Waals surface area contributed by atoms with Crippen molar-refractivity contribution in [1.82, 2.24) is 4.98 Å². The molecule has 0 radical (unpaired) electrons. The summed E-state index contributed by atoms with van der Waals surface area (Å²) in [7, 11) is 0. The largest absolute Gasteiger partial charge is 0.479 e. The molecule has 1 unspecified atom stereocenters. The van der Waals surface area contributed by atoms with Gasteiger partial charge in [-0.25, -0.2) is 4.98 Å². The minimum Gasteiger partial charge on any atom is -0.479 e. The highest BCUT2D eigenvalue weighted by Crippen LogP contribution is 2.25. The van der Waals surface area contributed by atoms with Crippen LogP contribution in [-0.4, -0.2) is 22.0 Å². The molecule has 0 saturated carbocycles. The molecule has 0 aliphatic heterocycles. The number of carbonyl (C=O) groups is 1. The molecule has 1 heterocycles. The van der Waals surface area contributed by atoms with Crippen LogP contribution in [-0.2, 0) is 4.79 Å². The number of hydrogen-bond acceptors (Lipinski definition) is 4. The van der Waals surface area contributed by atoms with Gasteiger partial charge >= 0.3 is 0 Å². The Hall–Kier alpha value is -0.450. The van der Waals surface area contributed by atoms with Crippen LogP contribution in [0.15, 0.2) is 12.1 Å². The number of rotatable bonds is 7. The van der Waals surface area contributed by atoms with Gasteiger partial charge in [-0.15, -0.1) is 0 Å². The number of hydrogen-bond donors (Lipinski definition) is 0. The standard InChI is InChI=1S/C13H17Cl2NO2S/c1-3-4-5-8-19-13(17)9(2)18-10-6-7-11(14)16-12(10)15/h6-7,9H,3-5,8H2,1-2H3. The number of aromatic nitrogens is 1. The molecule has 6 heteroatoms. The zero-order valence-corrected chi connectivity index (χ0v) is 13.3. The van der Waals surface area contributed by atoms with Gasteiger partial charge in [-0.2, -0.15) is 0 Å². The molecule has 106 valence electrons. The monoisotopic (exact) mass is 321 g/mol. The van der Waals surface area contributed by atoms with E-state index >= 15 is 0 Å². The maximum absolute atomic E-state index is 11.8. The summed E-state index contributed by atoms with van der Waals surface area (Å²) in [6.07, 6.45) is 2.78. The molecular formula is C13H17Cl2NO2S. The molecule has 19 heavy (non-hydrogen) atoms. The third kappa shape index (κ3) is 6.02. The van der Waals surface area contributed by atoms with Crippen molar-refractivity contribution in [2.75, 3.05) is 5.75 Å². The Labute approximate surface area is 128 Å². The van der Waals surface area contributed by atoms with Crippen LogP contribution in [0.1, 0.15) is 33.1 Å². The molecule has 1 atom stereocenters. The fraction of sp³-hybridized carbons (Fsp3) is 0.538. The predicted octanol–water partition coefficient (Wildman–Crippen LogP) is 4.61. The van der Waals surface area contributed by atoms with Gasteiger partial charge in [0.25, 0.3) is 0 Å². The minimum absolute atomic E-state index is 0.00196. The average molecular weight is 322 g/mol. The van der Waals surface area contributed by atoms with Crippen LogP contribution in [0.2, 0.25) is 10.3 Å². The topological polar surface area (TPSA) is 39.2 Å². The van der Waals surface area contributed by atoms with E-state index in [1.165, 1.54) is 11.8 Å². The Balaban J connectivity index is 2.45. The van der Waals surface area contributed by atoms with E-state index in [-0.39, 0.29) is 10.3 Å². The van der Waals surface area contributed by atoms with Gasteiger partial charge in [0.2, 0.25) is 5.12 Å². The van der Waals surface area contributed by atoms with E-state index in [4.69, 9.17) is 27.9 Å². The maximum Gasteiger partial charge on any atom is 0.229 e. The molecule has 1 aromatic rings. The van der Waals surface area contributed by atoms with Crippen LogP contribution in [0.5, 0.6) is 5.75 Å². The first-order chi connectivity index (χ1) is 9.04. The van der Waals surface area contributed by atoms with E-state index in [1.54, 1.807) is 19.1 Å². The summed E-state index contributed by atoms with van der Waals surface area (Å²) in [6, 6.07) is 3.19. The van der Waals surface area contributed by atoms with Crippen molar-refractivity contribution in [2.45, 2.75) is 39.2 Å². The summed E-state index contributed by atoms with van der Waals surface area (Å²) >= 11 is 12.9. The van der Waals surface area contributed by atoms with Gasteiger partial charge in [-0.3, -0.25) is 4.79 Å². The molecule has 0 bridgehead atoms. The van der Waals surface area contributed by atoms with Gasteiger partial charge in [0.15, 0.2) is 17.0 Å². The average Bonchev–Trinajstić information content (AvgIpc) is 2.37. The molecule has 1 aromatic heterocycles. The number of thioether (sulfide) groups is 1. The lowest BCUT2D eigenvalue weighted by molar-refractivity contribution is -0.116. The molecule has 0 spiro atoms. The number of carbonyl (C=O) groups excluding carboxylic acids is 1. The summed E-state index contributed by atoms with van der Waals surface area (Å²) in [5.41, 5.74) is 0. The summed E-state index contributed by atoms with van der Waals surface area (Å²) < 4.78 is 5.50. The minimum atomic E-state index is -0.549. The number of ether oxygens (including phenoxy) is 1.